The van der Waals surface area contributed by atoms with Gasteiger partial charge >= 0.3 is 0 Å². The maximum atomic E-state index is 11.3. The number of hydrogen-bond acceptors (Lipinski definition) is 4. The number of carbonyl (C=O) groups excluding carboxylic acids is 2. The summed E-state index contributed by atoms with van der Waals surface area (Å²) in [6.07, 6.45) is 0.920. The molecule has 0 fully saturated rings. The van der Waals surface area contributed by atoms with E-state index < -0.39 is 0 Å². The molecule has 1 unspecified atom stereocenters. The van der Waals surface area contributed by atoms with E-state index in [1.165, 1.54) is 6.92 Å². The average molecular weight is 247 g/mol. The lowest BCUT2D eigenvalue weighted by molar-refractivity contribution is -0.120. The molecule has 0 aromatic rings. The van der Waals surface area contributed by atoms with Crippen LogP contribution in [0.2, 0.25) is 0 Å². The summed E-state index contributed by atoms with van der Waals surface area (Å²) < 4.78 is 0. The van der Waals surface area contributed by atoms with Gasteiger partial charge in [0, 0.05) is 25.3 Å². The molecule has 0 bridgehead atoms. The van der Waals surface area contributed by atoms with Crippen LogP contribution in [0.3, 0.4) is 0 Å². The van der Waals surface area contributed by atoms with Gasteiger partial charge in [0.1, 0.15) is 0 Å². The van der Waals surface area contributed by atoms with Gasteiger partial charge in [0.15, 0.2) is 0 Å². The fraction of sp³-hybridized carbons (Fsp3) is 0.800. The normalized spacial score (nSPS) is 11.9. The fourth-order valence-electron chi connectivity index (χ4n) is 1.03. The molecule has 0 saturated heterocycles. The van der Waals surface area contributed by atoms with Crippen molar-refractivity contribution < 1.29 is 9.59 Å². The van der Waals surface area contributed by atoms with Crippen molar-refractivity contribution in [2.24, 2.45) is 5.73 Å². The maximum Gasteiger partial charge on any atom is 0.230 e. The number of carbonyl (C=O) groups is 2. The average Bonchev–Trinajstić information content (AvgIpc) is 2.22. The van der Waals surface area contributed by atoms with Crippen molar-refractivity contribution in [1.82, 2.24) is 10.6 Å². The van der Waals surface area contributed by atoms with E-state index >= 15 is 0 Å². The van der Waals surface area contributed by atoms with Crippen LogP contribution in [0.4, 0.5) is 0 Å². The number of hydrogen-bond donors (Lipinski definition) is 3. The molecular formula is C10H21N3O2S. The van der Waals surface area contributed by atoms with Crippen LogP contribution in [-0.4, -0.2) is 42.5 Å². The SMILES string of the molecule is CC(=O)NCCNC(=O)CSC(C)CCN. The summed E-state index contributed by atoms with van der Waals surface area (Å²) in [5, 5.41) is 5.75. The van der Waals surface area contributed by atoms with E-state index in [-0.39, 0.29) is 11.8 Å². The van der Waals surface area contributed by atoms with E-state index in [1.54, 1.807) is 11.8 Å². The van der Waals surface area contributed by atoms with E-state index in [9.17, 15) is 9.59 Å². The Morgan fingerprint density at radius 2 is 1.94 bits per heavy atom. The van der Waals surface area contributed by atoms with Gasteiger partial charge in [0.05, 0.1) is 5.75 Å². The first-order chi connectivity index (χ1) is 7.56. The second-order valence-corrected chi connectivity index (χ2v) is 4.96. The van der Waals surface area contributed by atoms with Crippen LogP contribution in [0.15, 0.2) is 0 Å². The minimum atomic E-state index is -0.0832. The number of amides is 2. The Balaban J connectivity index is 3.41. The number of nitrogens with two attached hydrogens (primary N) is 1. The van der Waals surface area contributed by atoms with Gasteiger partial charge in [-0.3, -0.25) is 9.59 Å². The van der Waals surface area contributed by atoms with Gasteiger partial charge in [-0.15, -0.1) is 11.8 Å². The second-order valence-electron chi connectivity index (χ2n) is 3.53. The molecule has 0 aromatic carbocycles. The summed E-state index contributed by atoms with van der Waals surface area (Å²) in [5.41, 5.74) is 5.41. The van der Waals surface area contributed by atoms with Crippen LogP contribution in [0.25, 0.3) is 0 Å². The van der Waals surface area contributed by atoms with Gasteiger partial charge in [-0.1, -0.05) is 6.92 Å². The lowest BCUT2D eigenvalue weighted by Crippen LogP contribution is -2.34. The van der Waals surface area contributed by atoms with Gasteiger partial charge < -0.3 is 16.4 Å². The monoisotopic (exact) mass is 247 g/mol. The Kier molecular flexibility index (Phi) is 9.03. The van der Waals surface area contributed by atoms with Crippen molar-refractivity contribution in [3.8, 4) is 0 Å². The number of rotatable bonds is 8. The molecule has 0 radical (unpaired) electrons. The first-order valence-electron chi connectivity index (χ1n) is 5.39. The Morgan fingerprint density at radius 3 is 2.50 bits per heavy atom. The molecule has 0 aliphatic rings. The summed E-state index contributed by atoms with van der Waals surface area (Å²) in [7, 11) is 0. The summed E-state index contributed by atoms with van der Waals surface area (Å²) in [4.78, 5) is 21.9. The lowest BCUT2D eigenvalue weighted by atomic mass is 10.3. The smallest absolute Gasteiger partial charge is 0.230 e. The highest BCUT2D eigenvalue weighted by atomic mass is 32.2. The molecule has 4 N–H and O–H groups in total. The fourth-order valence-corrected chi connectivity index (χ4v) is 1.87. The molecule has 6 heteroatoms. The third-order valence-electron chi connectivity index (χ3n) is 1.89. The highest BCUT2D eigenvalue weighted by Crippen LogP contribution is 2.12. The van der Waals surface area contributed by atoms with Crippen LogP contribution in [0.1, 0.15) is 20.3 Å². The molecular weight excluding hydrogens is 226 g/mol. The molecule has 16 heavy (non-hydrogen) atoms. The van der Waals surface area contributed by atoms with E-state index in [4.69, 9.17) is 5.73 Å². The zero-order valence-corrected chi connectivity index (χ0v) is 10.7. The molecule has 0 aliphatic carbocycles. The van der Waals surface area contributed by atoms with Gasteiger partial charge in [0.25, 0.3) is 0 Å². The zero-order valence-electron chi connectivity index (χ0n) is 9.91. The first-order valence-corrected chi connectivity index (χ1v) is 6.44. The van der Waals surface area contributed by atoms with Crippen LogP contribution in [0.5, 0.6) is 0 Å². The van der Waals surface area contributed by atoms with Crippen LogP contribution in [0, 0.1) is 0 Å². The molecule has 0 heterocycles. The molecule has 0 spiro atoms. The third-order valence-corrected chi connectivity index (χ3v) is 3.13. The zero-order chi connectivity index (χ0) is 12.4. The van der Waals surface area contributed by atoms with Crippen LogP contribution < -0.4 is 16.4 Å². The molecule has 0 rings (SSSR count). The Morgan fingerprint density at radius 1 is 1.31 bits per heavy atom. The molecule has 1 atom stereocenters. The van der Waals surface area contributed by atoms with Gasteiger partial charge in [0.2, 0.25) is 11.8 Å². The topological polar surface area (TPSA) is 84.2 Å². The van der Waals surface area contributed by atoms with Gasteiger partial charge in [-0.2, -0.15) is 0 Å². The van der Waals surface area contributed by atoms with Crippen molar-refractivity contribution in [2.45, 2.75) is 25.5 Å². The highest BCUT2D eigenvalue weighted by molar-refractivity contribution is 8.00. The summed E-state index contributed by atoms with van der Waals surface area (Å²) in [6.45, 7) is 5.11. The standard InChI is InChI=1S/C10H21N3O2S/c1-8(3-4-11)16-7-10(15)13-6-5-12-9(2)14/h8H,3-7,11H2,1-2H3,(H,12,14)(H,13,15). The lowest BCUT2D eigenvalue weighted by Gasteiger charge is -2.09. The molecule has 0 saturated carbocycles. The maximum absolute atomic E-state index is 11.3. The van der Waals surface area contributed by atoms with Gasteiger partial charge in [-0.25, -0.2) is 0 Å². The van der Waals surface area contributed by atoms with Crippen LogP contribution >= 0.6 is 11.8 Å². The minimum absolute atomic E-state index is 0.000719. The second kappa shape index (κ2) is 9.47. The van der Waals surface area contributed by atoms with Crippen molar-refractivity contribution in [1.29, 1.82) is 0 Å². The quantitative estimate of drug-likeness (QED) is 0.515. The van der Waals surface area contributed by atoms with Gasteiger partial charge in [-0.05, 0) is 13.0 Å². The molecule has 94 valence electrons. The number of thioether (sulfide) groups is 1. The van der Waals surface area contributed by atoms with E-state index in [2.05, 4.69) is 17.6 Å². The largest absolute Gasteiger partial charge is 0.355 e. The molecule has 5 nitrogen and oxygen atoms in total. The predicted molar refractivity (Wildman–Crippen MR) is 67.3 cm³/mol. The Labute approximate surface area is 101 Å². The molecule has 2 amide bonds. The number of nitrogens with one attached hydrogen (secondary N) is 2. The predicted octanol–water partition coefficient (Wildman–Crippen LogP) is -0.291. The first kappa shape index (κ1) is 15.2. The summed E-state index contributed by atoms with van der Waals surface area (Å²) in [6, 6.07) is 0. The Bertz CT molecular complexity index is 224. The van der Waals surface area contributed by atoms with Crippen LogP contribution in [-0.2, 0) is 9.59 Å². The van der Waals surface area contributed by atoms with Crippen molar-refractivity contribution in [2.75, 3.05) is 25.4 Å². The van der Waals surface area contributed by atoms with Crippen molar-refractivity contribution in [3.05, 3.63) is 0 Å². The van der Waals surface area contributed by atoms with E-state index in [0.717, 1.165) is 6.42 Å². The molecule has 0 aliphatic heterocycles. The van der Waals surface area contributed by atoms with Crippen molar-refractivity contribution in [3.63, 3.8) is 0 Å². The van der Waals surface area contributed by atoms with E-state index in [1.807, 2.05) is 0 Å². The third kappa shape index (κ3) is 9.79. The summed E-state index contributed by atoms with van der Waals surface area (Å²) in [5.74, 6) is 0.362. The summed E-state index contributed by atoms with van der Waals surface area (Å²) >= 11 is 1.59. The minimum Gasteiger partial charge on any atom is -0.355 e. The van der Waals surface area contributed by atoms with Crippen molar-refractivity contribution >= 4 is 23.6 Å². The Hall–Kier alpha value is -0.750. The molecule has 0 aromatic heterocycles. The highest BCUT2D eigenvalue weighted by Gasteiger charge is 2.05. The van der Waals surface area contributed by atoms with E-state index in [0.29, 0.717) is 30.6 Å².